The molecule has 3 N–H and O–H groups in total. The van der Waals surface area contributed by atoms with Gasteiger partial charge in [-0.1, -0.05) is 436 Å². The molecule has 6 heteroatoms. The summed E-state index contributed by atoms with van der Waals surface area (Å²) in [7, 11) is 0. The molecule has 0 aromatic heterocycles. The van der Waals surface area contributed by atoms with E-state index in [-0.39, 0.29) is 18.5 Å². The Kier molecular flexibility index (Phi) is 79.8. The zero-order valence-electron chi connectivity index (χ0n) is 62.6. The highest BCUT2D eigenvalue weighted by atomic mass is 16.5. The van der Waals surface area contributed by atoms with Crippen molar-refractivity contribution in [1.82, 2.24) is 5.32 Å². The van der Waals surface area contributed by atoms with Crippen LogP contribution in [0.5, 0.6) is 0 Å². The monoisotopic (exact) mass is 1290 g/mol. The zero-order chi connectivity index (χ0) is 66.3. The number of rotatable bonds is 80. The third-order valence-corrected chi connectivity index (χ3v) is 19.9. The van der Waals surface area contributed by atoms with Crippen molar-refractivity contribution in [3.8, 4) is 0 Å². The van der Waals surface area contributed by atoms with Crippen LogP contribution in [0, 0.1) is 0 Å². The molecule has 0 rings (SSSR count). The van der Waals surface area contributed by atoms with E-state index in [9.17, 15) is 19.8 Å². The third kappa shape index (κ3) is 77.1. The predicted octanol–water partition coefficient (Wildman–Crippen LogP) is 28.2. The van der Waals surface area contributed by atoms with Crippen molar-refractivity contribution in [3.63, 3.8) is 0 Å². The summed E-state index contributed by atoms with van der Waals surface area (Å²) in [6, 6.07) is -0.627. The molecule has 2 unspecified atom stereocenters. The highest BCUT2D eigenvalue weighted by Gasteiger charge is 2.18. The third-order valence-electron chi connectivity index (χ3n) is 19.9. The molecule has 0 aliphatic carbocycles. The maximum atomic E-state index is 12.6. The van der Waals surface area contributed by atoms with Gasteiger partial charge in [0, 0.05) is 12.8 Å². The number of hydrogen-bond donors (Lipinski definition) is 3. The van der Waals surface area contributed by atoms with Gasteiger partial charge in [0.1, 0.15) is 0 Å². The number of nitrogens with one attached hydrogen (secondary N) is 1. The molecule has 0 aromatic carbocycles. The summed E-state index contributed by atoms with van der Waals surface area (Å²) in [4.78, 5) is 24.6. The number of amides is 1. The molecule has 0 spiro atoms. The maximum absolute atomic E-state index is 12.6. The van der Waals surface area contributed by atoms with E-state index in [1.165, 1.54) is 405 Å². The first-order chi connectivity index (χ1) is 45.5. The largest absolute Gasteiger partial charge is 0.466 e. The van der Waals surface area contributed by atoms with Gasteiger partial charge in [0.2, 0.25) is 5.91 Å². The molecule has 0 bridgehead atoms. The van der Waals surface area contributed by atoms with Crippen LogP contribution in [-0.4, -0.2) is 47.4 Å². The zero-order valence-corrected chi connectivity index (χ0v) is 62.6. The highest BCUT2D eigenvalue weighted by Crippen LogP contribution is 2.20. The molecule has 0 radical (unpaired) electrons. The molecular formula is C86H165NO5. The maximum Gasteiger partial charge on any atom is 0.305 e. The topological polar surface area (TPSA) is 95.9 Å². The van der Waals surface area contributed by atoms with Crippen molar-refractivity contribution in [1.29, 1.82) is 0 Å². The fourth-order valence-electron chi connectivity index (χ4n) is 13.5. The predicted molar refractivity (Wildman–Crippen MR) is 407 cm³/mol. The molecule has 1 amide bonds. The minimum Gasteiger partial charge on any atom is -0.466 e. The van der Waals surface area contributed by atoms with Crippen molar-refractivity contribution < 1.29 is 24.5 Å². The van der Waals surface area contributed by atoms with Crippen molar-refractivity contribution in [2.45, 2.75) is 488 Å². The lowest BCUT2D eigenvalue weighted by Crippen LogP contribution is -2.45. The second-order valence-corrected chi connectivity index (χ2v) is 29.2. The van der Waals surface area contributed by atoms with Gasteiger partial charge in [-0.3, -0.25) is 9.59 Å². The van der Waals surface area contributed by atoms with E-state index in [2.05, 4.69) is 43.5 Å². The van der Waals surface area contributed by atoms with Gasteiger partial charge in [-0.05, 0) is 64.2 Å². The number of carbonyl (C=O) groups excluding carboxylic acids is 2. The van der Waals surface area contributed by atoms with E-state index in [0.29, 0.717) is 19.4 Å². The van der Waals surface area contributed by atoms with Gasteiger partial charge in [0.05, 0.1) is 25.4 Å². The van der Waals surface area contributed by atoms with Gasteiger partial charge in [-0.25, -0.2) is 0 Å². The molecule has 0 saturated carbocycles. The molecule has 544 valence electrons. The summed E-state index contributed by atoms with van der Waals surface area (Å²) in [6.45, 7) is 4.96. The van der Waals surface area contributed by atoms with Crippen molar-refractivity contribution in [2.75, 3.05) is 13.2 Å². The number of ether oxygens (including phenoxy) is 1. The fraction of sp³-hybridized carbons (Fsp3) is 0.907. The van der Waals surface area contributed by atoms with E-state index >= 15 is 0 Å². The minimum atomic E-state index is -0.844. The molecule has 2 atom stereocenters. The van der Waals surface area contributed by atoms with E-state index < -0.39 is 12.1 Å². The lowest BCUT2D eigenvalue weighted by Gasteiger charge is -2.20. The summed E-state index contributed by atoms with van der Waals surface area (Å²) in [6.07, 6.45) is 107. The van der Waals surface area contributed by atoms with Crippen molar-refractivity contribution in [3.05, 3.63) is 36.5 Å². The molecule has 0 heterocycles. The number of hydrogen-bond acceptors (Lipinski definition) is 5. The summed E-state index contributed by atoms with van der Waals surface area (Å²) in [5, 5.41) is 23.3. The van der Waals surface area contributed by atoms with E-state index in [0.717, 1.165) is 44.9 Å². The normalized spacial score (nSPS) is 12.6. The first kappa shape index (κ1) is 90.1. The molecule has 6 nitrogen and oxygen atoms in total. The Morgan fingerprint density at radius 3 is 0.826 bits per heavy atom. The van der Waals surface area contributed by atoms with Gasteiger partial charge in [0.25, 0.3) is 0 Å². The van der Waals surface area contributed by atoms with E-state index in [4.69, 9.17) is 4.74 Å². The first-order valence-corrected chi connectivity index (χ1v) is 42.3. The smallest absolute Gasteiger partial charge is 0.305 e. The second-order valence-electron chi connectivity index (χ2n) is 29.2. The first-order valence-electron chi connectivity index (χ1n) is 42.3. The molecule has 0 aliphatic rings. The Bertz CT molecular complexity index is 1490. The molecule has 0 aromatic rings. The Labute approximate surface area is 576 Å². The average molecular weight is 1290 g/mol. The van der Waals surface area contributed by atoms with Crippen LogP contribution in [-0.2, 0) is 14.3 Å². The fourth-order valence-corrected chi connectivity index (χ4v) is 13.5. The Morgan fingerprint density at radius 1 is 0.304 bits per heavy atom. The van der Waals surface area contributed by atoms with Crippen molar-refractivity contribution in [2.24, 2.45) is 0 Å². The molecular weight excluding hydrogens is 1130 g/mol. The standard InChI is InChI=1S/C86H165NO5/c1-3-5-7-9-11-13-15-17-19-20-21-22-42-45-48-51-54-58-62-66-70-74-78-84(89)83(82-88)87-85(90)79-75-71-67-63-59-55-52-49-46-43-40-38-36-34-32-30-28-26-24-23-25-27-29-31-33-35-37-39-41-44-47-50-53-57-61-65-69-73-77-81-92-86(91)80-76-72-68-64-60-56-18-16-14-12-10-8-6-4-2/h23-24,27,29,74,78,83-84,88-89H,3-22,25-26,28,30-73,75-77,79-82H2,1-2H3,(H,87,90)/b24-23-,29-27-,78-74+. The molecule has 0 aliphatic heterocycles. The van der Waals surface area contributed by atoms with Crippen LogP contribution in [0.2, 0.25) is 0 Å². The number of carbonyl (C=O) groups is 2. The lowest BCUT2D eigenvalue weighted by molar-refractivity contribution is -0.143. The SMILES string of the molecule is CCCCCCCCCCCCCCCCCCCCCC/C=C/C(O)C(CO)NC(=O)CCCCCCCCCCCCCCCCCCC/C=C\C/C=C\CCCCCCCCCCCCCCCCCOC(=O)CCCCCCCCCCCCCCCC. The van der Waals surface area contributed by atoms with Crippen LogP contribution in [0.25, 0.3) is 0 Å². The van der Waals surface area contributed by atoms with Crippen LogP contribution in [0.3, 0.4) is 0 Å². The Balaban J connectivity index is 3.37. The number of aliphatic hydroxyl groups is 2. The second kappa shape index (κ2) is 81.5. The lowest BCUT2D eigenvalue weighted by atomic mass is 10.0. The van der Waals surface area contributed by atoms with E-state index in [1.54, 1.807) is 6.08 Å². The minimum absolute atomic E-state index is 0.0233. The molecule has 0 saturated heterocycles. The Morgan fingerprint density at radius 2 is 0.543 bits per heavy atom. The van der Waals surface area contributed by atoms with Crippen LogP contribution in [0.15, 0.2) is 36.5 Å². The number of esters is 1. The summed E-state index contributed by atoms with van der Waals surface area (Å²) in [5.74, 6) is -0.0366. The molecule has 0 fully saturated rings. The van der Waals surface area contributed by atoms with Crippen LogP contribution >= 0.6 is 0 Å². The van der Waals surface area contributed by atoms with Gasteiger partial charge in [-0.15, -0.1) is 0 Å². The van der Waals surface area contributed by atoms with Crippen LogP contribution in [0.1, 0.15) is 476 Å². The number of unbranched alkanes of at least 4 members (excludes halogenated alkanes) is 65. The highest BCUT2D eigenvalue weighted by molar-refractivity contribution is 5.76. The van der Waals surface area contributed by atoms with Gasteiger partial charge in [-0.2, -0.15) is 0 Å². The van der Waals surface area contributed by atoms with Crippen LogP contribution < -0.4 is 5.32 Å². The summed E-state index contributed by atoms with van der Waals surface area (Å²) >= 11 is 0. The van der Waals surface area contributed by atoms with Crippen molar-refractivity contribution >= 4 is 11.9 Å². The van der Waals surface area contributed by atoms with Crippen LogP contribution in [0.4, 0.5) is 0 Å². The van der Waals surface area contributed by atoms with Gasteiger partial charge in [0.15, 0.2) is 0 Å². The molecule has 92 heavy (non-hydrogen) atoms. The quantitative estimate of drug-likeness (QED) is 0.0320. The number of allylic oxidation sites excluding steroid dienone is 5. The average Bonchev–Trinajstić information content (AvgIpc) is 3.63. The summed E-state index contributed by atoms with van der Waals surface area (Å²) < 4.78 is 5.50. The van der Waals surface area contributed by atoms with Gasteiger partial charge < -0.3 is 20.3 Å². The van der Waals surface area contributed by atoms with Gasteiger partial charge >= 0.3 is 5.97 Å². The van der Waals surface area contributed by atoms with E-state index in [1.807, 2.05) is 6.08 Å². The number of aliphatic hydroxyl groups excluding tert-OH is 2. The summed E-state index contributed by atoms with van der Waals surface area (Å²) in [5.41, 5.74) is 0. The Hall–Kier alpha value is -1.92.